The minimum Gasteiger partial charge on any atom is -0.316 e. The Morgan fingerprint density at radius 3 is 2.38 bits per heavy atom. The Balaban J connectivity index is 2.02. The molecule has 6 heteroatoms. The van der Waals surface area contributed by atoms with Gasteiger partial charge in [0.15, 0.2) is 0 Å². The number of nitrogens with one attached hydrogen (secondary N) is 1. The molecule has 0 fully saturated rings. The summed E-state index contributed by atoms with van der Waals surface area (Å²) in [6.45, 7) is 1.21. The van der Waals surface area contributed by atoms with Crippen molar-refractivity contribution in [3.8, 4) is 0 Å². The van der Waals surface area contributed by atoms with Crippen LogP contribution in [0.25, 0.3) is 0 Å². The number of thiophene rings is 1. The van der Waals surface area contributed by atoms with Gasteiger partial charge in [-0.2, -0.15) is 4.31 Å². The van der Waals surface area contributed by atoms with E-state index in [4.69, 9.17) is 0 Å². The lowest BCUT2D eigenvalue weighted by atomic mass is 10.1. The van der Waals surface area contributed by atoms with Gasteiger partial charge in [-0.15, -0.1) is 11.3 Å². The average molecular weight is 324 g/mol. The van der Waals surface area contributed by atoms with Crippen LogP contribution in [0.4, 0.5) is 0 Å². The Hall–Kier alpha value is -1.21. The van der Waals surface area contributed by atoms with Crippen LogP contribution in [-0.4, -0.2) is 26.8 Å². The van der Waals surface area contributed by atoms with Crippen molar-refractivity contribution in [3.05, 3.63) is 57.8 Å². The van der Waals surface area contributed by atoms with Crippen molar-refractivity contribution < 1.29 is 8.42 Å². The lowest BCUT2D eigenvalue weighted by Gasteiger charge is -2.16. The second kappa shape index (κ2) is 7.17. The topological polar surface area (TPSA) is 49.4 Å². The van der Waals surface area contributed by atoms with E-state index >= 15 is 0 Å². The third kappa shape index (κ3) is 4.64. The van der Waals surface area contributed by atoms with Crippen molar-refractivity contribution in [2.24, 2.45) is 0 Å². The first kappa shape index (κ1) is 16.2. The third-order valence-corrected chi connectivity index (χ3v) is 5.82. The molecule has 4 nitrogen and oxygen atoms in total. The summed E-state index contributed by atoms with van der Waals surface area (Å²) in [5.74, 6) is 0.0364. The maximum Gasteiger partial charge on any atom is 0.218 e. The summed E-state index contributed by atoms with van der Waals surface area (Å²) in [5, 5.41) is 5.02. The van der Waals surface area contributed by atoms with Crippen LogP contribution in [0.1, 0.15) is 16.0 Å². The maximum atomic E-state index is 12.4. The van der Waals surface area contributed by atoms with E-state index in [-0.39, 0.29) is 5.75 Å². The summed E-state index contributed by atoms with van der Waals surface area (Å²) in [4.78, 5) is 1.05. The predicted molar refractivity (Wildman–Crippen MR) is 87.6 cm³/mol. The summed E-state index contributed by atoms with van der Waals surface area (Å²) in [5.41, 5.74) is 1.96. The Kier molecular flexibility index (Phi) is 5.52. The second-order valence-electron chi connectivity index (χ2n) is 4.94. The summed E-state index contributed by atoms with van der Waals surface area (Å²) in [6.07, 6.45) is 0. The van der Waals surface area contributed by atoms with E-state index in [1.54, 1.807) is 18.4 Å². The fourth-order valence-electron chi connectivity index (χ4n) is 2.00. The van der Waals surface area contributed by atoms with E-state index in [9.17, 15) is 8.42 Å². The molecule has 114 valence electrons. The van der Waals surface area contributed by atoms with E-state index in [1.807, 2.05) is 48.8 Å². The molecule has 0 aliphatic carbocycles. The molecule has 0 atom stereocenters. The van der Waals surface area contributed by atoms with Gasteiger partial charge < -0.3 is 5.32 Å². The third-order valence-electron chi connectivity index (χ3n) is 3.19. The summed E-state index contributed by atoms with van der Waals surface area (Å²) < 4.78 is 26.1. The van der Waals surface area contributed by atoms with E-state index in [2.05, 4.69) is 5.32 Å². The van der Waals surface area contributed by atoms with E-state index in [0.717, 1.165) is 22.5 Å². The molecule has 1 heterocycles. The molecule has 0 spiro atoms. The van der Waals surface area contributed by atoms with Crippen molar-refractivity contribution in [1.82, 2.24) is 9.62 Å². The van der Waals surface area contributed by atoms with Gasteiger partial charge >= 0.3 is 0 Å². The Morgan fingerprint density at radius 2 is 1.81 bits per heavy atom. The predicted octanol–water partition coefficient (Wildman–Crippen LogP) is 2.43. The summed E-state index contributed by atoms with van der Waals surface area (Å²) >= 11 is 1.57. The monoisotopic (exact) mass is 324 g/mol. The van der Waals surface area contributed by atoms with Crippen molar-refractivity contribution in [2.45, 2.75) is 18.8 Å². The molecule has 0 saturated heterocycles. The van der Waals surface area contributed by atoms with Gasteiger partial charge in [0.25, 0.3) is 0 Å². The lowest BCUT2D eigenvalue weighted by molar-refractivity contribution is 0.469. The first-order valence-corrected chi connectivity index (χ1v) is 9.19. The second-order valence-corrected chi connectivity index (χ2v) is 8.05. The minimum atomic E-state index is -3.29. The van der Waals surface area contributed by atoms with Gasteiger partial charge in [-0.1, -0.05) is 30.3 Å². The highest BCUT2D eigenvalue weighted by atomic mass is 32.2. The Labute approximate surface area is 130 Å². The molecule has 0 radical (unpaired) electrons. The highest BCUT2D eigenvalue weighted by Gasteiger charge is 2.19. The van der Waals surface area contributed by atoms with Crippen LogP contribution in [-0.2, 0) is 28.9 Å². The standard InChI is InChI=1S/C15H20N2O2S2/c1-16-10-13-5-7-14(8-6-13)12-21(18,19)17(2)11-15-4-3-9-20-15/h3-9,16H,10-12H2,1-2H3. The minimum absolute atomic E-state index is 0.0364. The number of benzene rings is 1. The smallest absolute Gasteiger partial charge is 0.218 e. The molecule has 21 heavy (non-hydrogen) atoms. The van der Waals surface area contributed by atoms with Gasteiger partial charge in [-0.25, -0.2) is 8.42 Å². The van der Waals surface area contributed by atoms with E-state index in [1.165, 1.54) is 4.31 Å². The average Bonchev–Trinajstić information content (AvgIpc) is 2.94. The van der Waals surface area contributed by atoms with Crippen molar-refractivity contribution in [3.63, 3.8) is 0 Å². The van der Waals surface area contributed by atoms with Gasteiger partial charge in [-0.3, -0.25) is 0 Å². The fraction of sp³-hybridized carbons (Fsp3) is 0.333. The molecule has 0 unspecified atom stereocenters. The number of hydrogen-bond acceptors (Lipinski definition) is 4. The van der Waals surface area contributed by atoms with Gasteiger partial charge in [0, 0.05) is 25.0 Å². The SMILES string of the molecule is CNCc1ccc(CS(=O)(=O)N(C)Cc2cccs2)cc1. The molecule has 1 aromatic carbocycles. The van der Waals surface area contributed by atoms with Gasteiger partial charge in [0.05, 0.1) is 5.75 Å². The molecule has 0 aliphatic rings. The number of rotatable bonds is 7. The van der Waals surface area contributed by atoms with Crippen LogP contribution >= 0.6 is 11.3 Å². The molecule has 2 aromatic rings. The van der Waals surface area contributed by atoms with Crippen molar-refractivity contribution in [2.75, 3.05) is 14.1 Å². The van der Waals surface area contributed by atoms with Crippen LogP contribution in [0.15, 0.2) is 41.8 Å². The molecule has 2 rings (SSSR count). The molecular weight excluding hydrogens is 304 g/mol. The molecule has 0 aliphatic heterocycles. The zero-order valence-electron chi connectivity index (χ0n) is 12.2. The Morgan fingerprint density at radius 1 is 1.14 bits per heavy atom. The number of hydrogen-bond donors (Lipinski definition) is 1. The van der Waals surface area contributed by atoms with Crippen LogP contribution in [0.3, 0.4) is 0 Å². The van der Waals surface area contributed by atoms with Crippen molar-refractivity contribution >= 4 is 21.4 Å². The molecule has 0 saturated carbocycles. The quantitative estimate of drug-likeness (QED) is 0.851. The van der Waals surface area contributed by atoms with Crippen LogP contribution in [0.2, 0.25) is 0 Å². The van der Waals surface area contributed by atoms with Gasteiger partial charge in [0.2, 0.25) is 10.0 Å². The van der Waals surface area contributed by atoms with E-state index < -0.39 is 10.0 Å². The largest absolute Gasteiger partial charge is 0.316 e. The highest BCUT2D eigenvalue weighted by molar-refractivity contribution is 7.88. The van der Waals surface area contributed by atoms with Crippen molar-refractivity contribution in [1.29, 1.82) is 0 Å². The molecule has 1 N–H and O–H groups in total. The first-order chi connectivity index (χ1) is 10.0. The molecule has 1 aromatic heterocycles. The van der Waals surface area contributed by atoms with E-state index in [0.29, 0.717) is 6.54 Å². The van der Waals surface area contributed by atoms with Gasteiger partial charge in [0.1, 0.15) is 0 Å². The first-order valence-electron chi connectivity index (χ1n) is 6.70. The van der Waals surface area contributed by atoms with Crippen LogP contribution < -0.4 is 5.32 Å². The Bertz CT molecular complexity index is 649. The van der Waals surface area contributed by atoms with Crippen LogP contribution in [0.5, 0.6) is 0 Å². The molecule has 0 bridgehead atoms. The number of nitrogens with zero attached hydrogens (tertiary/aromatic N) is 1. The summed E-state index contributed by atoms with van der Waals surface area (Å²) in [7, 11) is 0.226. The lowest BCUT2D eigenvalue weighted by Crippen LogP contribution is -2.27. The fourth-order valence-corrected chi connectivity index (χ4v) is 4.01. The highest BCUT2D eigenvalue weighted by Crippen LogP contribution is 2.16. The molecule has 0 amide bonds. The van der Waals surface area contributed by atoms with Gasteiger partial charge in [-0.05, 0) is 29.6 Å². The summed E-state index contributed by atoms with van der Waals surface area (Å²) in [6, 6.07) is 11.6. The molecular formula is C15H20N2O2S2. The zero-order valence-corrected chi connectivity index (χ0v) is 13.9. The van der Waals surface area contributed by atoms with Crippen LogP contribution in [0, 0.1) is 0 Å². The maximum absolute atomic E-state index is 12.4. The zero-order chi connectivity index (χ0) is 15.3. The normalized spacial score (nSPS) is 12.0. The number of sulfonamides is 1.